The van der Waals surface area contributed by atoms with E-state index in [1.54, 1.807) is 31.2 Å². The molecule has 2 rings (SSSR count). The van der Waals surface area contributed by atoms with Crippen molar-refractivity contribution in [2.45, 2.75) is 32.9 Å². The van der Waals surface area contributed by atoms with Gasteiger partial charge < -0.3 is 10.4 Å². The van der Waals surface area contributed by atoms with Crippen molar-refractivity contribution in [2.75, 3.05) is 0 Å². The molecule has 1 unspecified atom stereocenters. The molecule has 0 aliphatic heterocycles. The molecule has 2 N–H and O–H groups in total. The molecule has 0 aliphatic rings. The minimum absolute atomic E-state index is 0.226. The lowest BCUT2D eigenvalue weighted by molar-refractivity contribution is -0.143. The summed E-state index contributed by atoms with van der Waals surface area (Å²) in [6.07, 6.45) is 0.604. The summed E-state index contributed by atoms with van der Waals surface area (Å²) in [6, 6.07) is 5.67. The van der Waals surface area contributed by atoms with Gasteiger partial charge in [0.1, 0.15) is 18.1 Å². The Morgan fingerprint density at radius 3 is 2.70 bits per heavy atom. The highest BCUT2D eigenvalue weighted by molar-refractivity contribution is 5.84. The molecule has 1 amide bonds. The van der Waals surface area contributed by atoms with Gasteiger partial charge in [-0.25, -0.2) is 9.48 Å². The number of benzene rings is 1. The summed E-state index contributed by atoms with van der Waals surface area (Å²) in [6.45, 7) is 3.20. The highest BCUT2D eigenvalue weighted by Gasteiger charge is 2.25. The maximum atomic E-state index is 12.2. The fraction of sp³-hybridized carbons (Fsp3) is 0.400. The maximum Gasteiger partial charge on any atom is 0.326 e. The van der Waals surface area contributed by atoms with Gasteiger partial charge in [0.05, 0.1) is 5.39 Å². The molecule has 23 heavy (non-hydrogen) atoms. The largest absolute Gasteiger partial charge is 0.480 e. The second-order valence-electron chi connectivity index (χ2n) is 5.34. The van der Waals surface area contributed by atoms with Crippen molar-refractivity contribution in [3.8, 4) is 0 Å². The summed E-state index contributed by atoms with van der Waals surface area (Å²) in [5.74, 6) is -1.93. The molecule has 1 aromatic heterocycles. The number of carboxylic acids is 1. The summed E-state index contributed by atoms with van der Waals surface area (Å²) in [5, 5.41) is 19.5. The number of nitrogens with zero attached hydrogens (tertiary/aromatic N) is 3. The van der Waals surface area contributed by atoms with Crippen LogP contribution in [0.15, 0.2) is 29.1 Å². The Morgan fingerprint density at radius 2 is 2.04 bits per heavy atom. The number of hydrogen-bond donors (Lipinski definition) is 2. The highest BCUT2D eigenvalue weighted by atomic mass is 16.4. The van der Waals surface area contributed by atoms with E-state index in [1.165, 1.54) is 0 Å². The second kappa shape index (κ2) is 6.99. The Bertz CT molecular complexity index is 786. The van der Waals surface area contributed by atoms with Crippen molar-refractivity contribution in [3.05, 3.63) is 34.6 Å². The van der Waals surface area contributed by atoms with Crippen LogP contribution in [0.5, 0.6) is 0 Å². The summed E-state index contributed by atoms with van der Waals surface area (Å²) >= 11 is 0. The molecule has 0 radical (unpaired) electrons. The zero-order chi connectivity index (χ0) is 17.0. The van der Waals surface area contributed by atoms with Gasteiger partial charge in [0.25, 0.3) is 5.56 Å². The minimum atomic E-state index is -1.11. The first-order valence-electron chi connectivity index (χ1n) is 7.28. The minimum Gasteiger partial charge on any atom is -0.480 e. The first-order chi connectivity index (χ1) is 10.9. The Hall–Kier alpha value is -2.77. The van der Waals surface area contributed by atoms with Crippen molar-refractivity contribution in [2.24, 2.45) is 5.92 Å². The van der Waals surface area contributed by atoms with Crippen molar-refractivity contribution in [1.29, 1.82) is 0 Å². The molecule has 8 heteroatoms. The normalized spacial score (nSPS) is 13.5. The highest BCUT2D eigenvalue weighted by Crippen LogP contribution is 2.08. The van der Waals surface area contributed by atoms with E-state index >= 15 is 0 Å². The van der Waals surface area contributed by atoms with Gasteiger partial charge in [-0.1, -0.05) is 37.6 Å². The van der Waals surface area contributed by atoms with Gasteiger partial charge in [0.2, 0.25) is 5.91 Å². The molecule has 2 aromatic rings. The van der Waals surface area contributed by atoms with E-state index < -0.39 is 23.5 Å². The molecule has 122 valence electrons. The van der Waals surface area contributed by atoms with Gasteiger partial charge in [0, 0.05) is 0 Å². The van der Waals surface area contributed by atoms with Crippen LogP contribution in [0.2, 0.25) is 0 Å². The number of carbonyl (C=O) groups excluding carboxylic acids is 1. The van der Waals surface area contributed by atoms with Crippen LogP contribution < -0.4 is 10.9 Å². The molecule has 1 aromatic carbocycles. The molecule has 0 spiro atoms. The maximum absolute atomic E-state index is 12.2. The topological polar surface area (TPSA) is 114 Å². The van der Waals surface area contributed by atoms with Crippen molar-refractivity contribution in [3.63, 3.8) is 0 Å². The molecule has 2 atom stereocenters. The van der Waals surface area contributed by atoms with E-state index in [-0.39, 0.29) is 12.5 Å². The SMILES string of the molecule is CCC(C)[C@H](NC(=O)Cn1nnc2ccccc2c1=O)C(=O)O. The van der Waals surface area contributed by atoms with Crippen LogP contribution in [-0.2, 0) is 16.1 Å². The first kappa shape index (κ1) is 16.6. The number of hydrogen-bond acceptors (Lipinski definition) is 5. The molecule has 8 nitrogen and oxygen atoms in total. The predicted molar refractivity (Wildman–Crippen MR) is 82.8 cm³/mol. The Labute approximate surface area is 132 Å². The smallest absolute Gasteiger partial charge is 0.326 e. The molecule has 1 heterocycles. The van der Waals surface area contributed by atoms with E-state index in [4.69, 9.17) is 0 Å². The molecule has 0 bridgehead atoms. The summed E-state index contributed by atoms with van der Waals surface area (Å²) in [4.78, 5) is 35.5. The molecule has 0 saturated heterocycles. The third kappa shape index (κ3) is 3.71. The number of aliphatic carboxylic acids is 1. The van der Waals surface area contributed by atoms with E-state index in [0.29, 0.717) is 17.3 Å². The number of aromatic nitrogens is 3. The van der Waals surface area contributed by atoms with Gasteiger partial charge in [-0.05, 0) is 18.1 Å². The lowest BCUT2D eigenvalue weighted by Crippen LogP contribution is -2.47. The lowest BCUT2D eigenvalue weighted by Gasteiger charge is -2.20. The molecule has 0 fully saturated rings. The lowest BCUT2D eigenvalue weighted by atomic mass is 9.99. The van der Waals surface area contributed by atoms with Crippen LogP contribution in [0.1, 0.15) is 20.3 Å². The molecule has 0 saturated carbocycles. The van der Waals surface area contributed by atoms with Gasteiger partial charge in [-0.15, -0.1) is 5.10 Å². The summed E-state index contributed by atoms with van der Waals surface area (Å²) < 4.78 is 0.924. The second-order valence-corrected chi connectivity index (χ2v) is 5.34. The van der Waals surface area contributed by atoms with Crippen molar-refractivity contribution in [1.82, 2.24) is 20.3 Å². The van der Waals surface area contributed by atoms with Crippen LogP contribution in [0.4, 0.5) is 0 Å². The first-order valence-corrected chi connectivity index (χ1v) is 7.28. The van der Waals surface area contributed by atoms with Crippen LogP contribution in [0, 0.1) is 5.92 Å². The molecule has 0 aliphatic carbocycles. The quantitative estimate of drug-likeness (QED) is 0.797. The van der Waals surface area contributed by atoms with Crippen LogP contribution in [-0.4, -0.2) is 38.0 Å². The summed E-state index contributed by atoms with van der Waals surface area (Å²) in [7, 11) is 0. The van der Waals surface area contributed by atoms with E-state index in [1.807, 2.05) is 6.92 Å². The Kier molecular flexibility index (Phi) is 5.05. The fourth-order valence-electron chi connectivity index (χ4n) is 2.17. The third-order valence-electron chi connectivity index (χ3n) is 3.72. The molecular weight excluding hydrogens is 300 g/mol. The van der Waals surface area contributed by atoms with E-state index in [9.17, 15) is 19.5 Å². The number of nitrogens with one attached hydrogen (secondary N) is 1. The van der Waals surface area contributed by atoms with Crippen LogP contribution in [0.3, 0.4) is 0 Å². The third-order valence-corrected chi connectivity index (χ3v) is 3.72. The molecular formula is C15H18N4O4. The van der Waals surface area contributed by atoms with Gasteiger partial charge in [-0.2, -0.15) is 0 Å². The van der Waals surface area contributed by atoms with Crippen molar-refractivity contribution >= 4 is 22.8 Å². The van der Waals surface area contributed by atoms with E-state index in [2.05, 4.69) is 15.6 Å². The average Bonchev–Trinajstić information content (AvgIpc) is 2.54. The summed E-state index contributed by atoms with van der Waals surface area (Å²) in [5.41, 5.74) is -0.00154. The number of carbonyl (C=O) groups is 2. The standard InChI is InChI=1S/C15H18N4O4/c1-3-9(2)13(15(22)23)16-12(20)8-19-14(21)10-6-4-5-7-11(10)17-18-19/h4-7,9,13H,3,8H2,1-2H3,(H,16,20)(H,22,23)/t9?,13-/m0/s1. The van der Waals surface area contributed by atoms with Gasteiger partial charge in [-0.3, -0.25) is 9.59 Å². The number of fused-ring (bicyclic) bond motifs is 1. The fourth-order valence-corrected chi connectivity index (χ4v) is 2.17. The zero-order valence-electron chi connectivity index (χ0n) is 12.9. The zero-order valence-corrected chi connectivity index (χ0v) is 12.9. The van der Waals surface area contributed by atoms with Gasteiger partial charge in [0.15, 0.2) is 0 Å². The van der Waals surface area contributed by atoms with Crippen LogP contribution in [0.25, 0.3) is 10.9 Å². The van der Waals surface area contributed by atoms with Crippen LogP contribution >= 0.6 is 0 Å². The Morgan fingerprint density at radius 1 is 1.35 bits per heavy atom. The number of rotatable bonds is 6. The van der Waals surface area contributed by atoms with Crippen molar-refractivity contribution < 1.29 is 14.7 Å². The monoisotopic (exact) mass is 318 g/mol. The Balaban J connectivity index is 2.19. The number of amides is 1. The average molecular weight is 318 g/mol. The predicted octanol–water partition coefficient (Wildman–Crippen LogP) is 0.407. The number of carboxylic acid groups (broad SMARTS) is 1. The van der Waals surface area contributed by atoms with Gasteiger partial charge >= 0.3 is 5.97 Å². The van der Waals surface area contributed by atoms with E-state index in [0.717, 1.165) is 4.68 Å².